The second kappa shape index (κ2) is 6.43. The highest BCUT2D eigenvalue weighted by Gasteiger charge is 2.31. The van der Waals surface area contributed by atoms with Gasteiger partial charge in [0.25, 0.3) is 0 Å². The van der Waals surface area contributed by atoms with Crippen LogP contribution in [0.1, 0.15) is 30.9 Å². The molecule has 4 heteroatoms. The fourth-order valence-electron chi connectivity index (χ4n) is 2.19. The predicted molar refractivity (Wildman–Crippen MR) is 73.4 cm³/mol. The highest BCUT2D eigenvalue weighted by atomic mass is 32.2. The number of benzene rings is 1. The Kier molecular flexibility index (Phi) is 4.89. The maximum Gasteiger partial charge on any atom is 0.123 e. The van der Waals surface area contributed by atoms with E-state index >= 15 is 0 Å². The van der Waals surface area contributed by atoms with E-state index in [4.69, 9.17) is 0 Å². The summed E-state index contributed by atoms with van der Waals surface area (Å²) in [6.45, 7) is 0.873. The number of rotatable bonds is 7. The van der Waals surface area contributed by atoms with Crippen LogP contribution in [0.2, 0.25) is 0 Å². The second-order valence-corrected chi connectivity index (χ2v) is 6.51. The third kappa shape index (κ3) is 4.18. The monoisotopic (exact) mass is 269 g/mol. The van der Waals surface area contributed by atoms with E-state index < -0.39 is 10.8 Å². The Hall–Kier alpha value is -0.740. The highest BCUT2D eigenvalue weighted by molar-refractivity contribution is 7.84. The fourth-order valence-corrected chi connectivity index (χ4v) is 2.74. The molecular weight excluding hydrogens is 249 g/mol. The van der Waals surface area contributed by atoms with Crippen molar-refractivity contribution in [3.63, 3.8) is 0 Å². The minimum Gasteiger partial charge on any atom is -0.310 e. The summed E-state index contributed by atoms with van der Waals surface area (Å²) >= 11 is 0. The standard InChI is InChI=1S/C14H20FNOS/c1-18(17)10-2-9-16-14(11-3-4-11)12-5-7-13(15)8-6-12/h5-8,11,14,16H,2-4,9-10H2,1H3. The predicted octanol–water partition coefficient (Wildman–Crippen LogP) is 2.64. The molecule has 0 spiro atoms. The number of nitrogens with one attached hydrogen (secondary N) is 1. The molecule has 0 saturated heterocycles. The van der Waals surface area contributed by atoms with Crippen LogP contribution in [-0.4, -0.2) is 22.8 Å². The molecule has 0 aliphatic heterocycles. The zero-order valence-corrected chi connectivity index (χ0v) is 11.5. The zero-order chi connectivity index (χ0) is 13.0. The Labute approximate surface area is 110 Å². The van der Waals surface area contributed by atoms with Crippen molar-refractivity contribution in [3.8, 4) is 0 Å². The van der Waals surface area contributed by atoms with Gasteiger partial charge in [-0.15, -0.1) is 0 Å². The van der Waals surface area contributed by atoms with Crippen LogP contribution in [0, 0.1) is 11.7 Å². The van der Waals surface area contributed by atoms with E-state index in [9.17, 15) is 8.60 Å². The summed E-state index contributed by atoms with van der Waals surface area (Å²) in [5.74, 6) is 1.24. The van der Waals surface area contributed by atoms with Crippen LogP contribution in [0.3, 0.4) is 0 Å². The van der Waals surface area contributed by atoms with E-state index in [0.29, 0.717) is 12.0 Å². The van der Waals surface area contributed by atoms with Gasteiger partial charge in [0.1, 0.15) is 5.82 Å². The Morgan fingerprint density at radius 3 is 2.61 bits per heavy atom. The average molecular weight is 269 g/mol. The van der Waals surface area contributed by atoms with E-state index in [1.54, 1.807) is 6.26 Å². The van der Waals surface area contributed by atoms with Crippen LogP contribution in [0.5, 0.6) is 0 Å². The lowest BCUT2D eigenvalue weighted by molar-refractivity contribution is 0.480. The summed E-state index contributed by atoms with van der Waals surface area (Å²) < 4.78 is 23.9. The number of hydrogen-bond donors (Lipinski definition) is 1. The summed E-state index contributed by atoms with van der Waals surface area (Å²) in [4.78, 5) is 0. The number of halogens is 1. The largest absolute Gasteiger partial charge is 0.310 e. The smallest absolute Gasteiger partial charge is 0.123 e. The maximum atomic E-state index is 12.9. The summed E-state index contributed by atoms with van der Waals surface area (Å²) in [6.07, 6.45) is 5.15. The molecule has 0 amide bonds. The SMILES string of the molecule is CS(=O)CCCNC(c1ccc(F)cc1)C1CC1. The molecular formula is C14H20FNOS. The van der Waals surface area contributed by atoms with Crippen molar-refractivity contribution in [2.75, 3.05) is 18.6 Å². The molecule has 0 bridgehead atoms. The van der Waals surface area contributed by atoms with E-state index in [1.165, 1.54) is 25.0 Å². The van der Waals surface area contributed by atoms with Crippen molar-refractivity contribution in [1.29, 1.82) is 0 Å². The normalized spacial score (nSPS) is 18.6. The van der Waals surface area contributed by atoms with Gasteiger partial charge in [-0.1, -0.05) is 12.1 Å². The third-order valence-corrected chi connectivity index (χ3v) is 4.16. The quantitative estimate of drug-likeness (QED) is 0.771. The molecule has 1 N–H and O–H groups in total. The molecule has 1 aromatic rings. The molecule has 2 nitrogen and oxygen atoms in total. The molecule has 1 aromatic carbocycles. The van der Waals surface area contributed by atoms with Crippen molar-refractivity contribution in [1.82, 2.24) is 5.32 Å². The van der Waals surface area contributed by atoms with Crippen LogP contribution >= 0.6 is 0 Å². The van der Waals surface area contributed by atoms with Gasteiger partial charge in [-0.2, -0.15) is 0 Å². The van der Waals surface area contributed by atoms with Crippen LogP contribution < -0.4 is 5.32 Å². The molecule has 0 aromatic heterocycles. The van der Waals surface area contributed by atoms with E-state index in [2.05, 4.69) is 5.32 Å². The van der Waals surface area contributed by atoms with E-state index in [-0.39, 0.29) is 5.82 Å². The van der Waals surface area contributed by atoms with Crippen molar-refractivity contribution in [2.24, 2.45) is 5.92 Å². The molecule has 1 fully saturated rings. The van der Waals surface area contributed by atoms with Crippen LogP contribution in [-0.2, 0) is 10.8 Å². The van der Waals surface area contributed by atoms with Gasteiger partial charge in [-0.25, -0.2) is 4.39 Å². The summed E-state index contributed by atoms with van der Waals surface area (Å²) in [5.41, 5.74) is 1.16. The lowest BCUT2D eigenvalue weighted by atomic mass is 10.0. The topological polar surface area (TPSA) is 29.1 Å². The Bertz CT molecular complexity index is 403. The zero-order valence-electron chi connectivity index (χ0n) is 10.7. The fraction of sp³-hybridized carbons (Fsp3) is 0.571. The molecule has 1 saturated carbocycles. The van der Waals surface area contributed by atoms with Gasteiger partial charge in [0.05, 0.1) is 0 Å². The van der Waals surface area contributed by atoms with Crippen molar-refractivity contribution in [2.45, 2.75) is 25.3 Å². The molecule has 2 atom stereocenters. The lowest BCUT2D eigenvalue weighted by Gasteiger charge is -2.18. The van der Waals surface area contributed by atoms with Gasteiger partial charge in [-0.3, -0.25) is 4.21 Å². The molecule has 0 radical (unpaired) electrons. The minimum atomic E-state index is -0.713. The van der Waals surface area contributed by atoms with Crippen LogP contribution in [0.15, 0.2) is 24.3 Å². The van der Waals surface area contributed by atoms with E-state index in [0.717, 1.165) is 24.3 Å². The van der Waals surface area contributed by atoms with Crippen LogP contribution in [0.4, 0.5) is 4.39 Å². The molecule has 1 aliphatic rings. The van der Waals surface area contributed by atoms with Gasteiger partial charge >= 0.3 is 0 Å². The third-order valence-electron chi connectivity index (χ3n) is 3.30. The van der Waals surface area contributed by atoms with Gasteiger partial charge < -0.3 is 5.32 Å². The average Bonchev–Trinajstić information content (AvgIpc) is 3.15. The Morgan fingerprint density at radius 2 is 2.06 bits per heavy atom. The first-order chi connectivity index (χ1) is 8.66. The summed E-state index contributed by atoms with van der Waals surface area (Å²) in [5, 5.41) is 3.52. The maximum absolute atomic E-state index is 12.9. The van der Waals surface area contributed by atoms with Gasteiger partial charge in [-0.05, 0) is 49.4 Å². The lowest BCUT2D eigenvalue weighted by Crippen LogP contribution is -2.25. The Morgan fingerprint density at radius 1 is 1.39 bits per heavy atom. The first kappa shape index (κ1) is 13.7. The summed E-state index contributed by atoms with van der Waals surface area (Å²) in [7, 11) is -0.713. The molecule has 0 heterocycles. The Balaban J connectivity index is 1.88. The van der Waals surface area contributed by atoms with Crippen molar-refractivity contribution in [3.05, 3.63) is 35.6 Å². The first-order valence-corrected chi connectivity index (χ1v) is 8.18. The minimum absolute atomic E-state index is 0.185. The molecule has 18 heavy (non-hydrogen) atoms. The van der Waals surface area contributed by atoms with Gasteiger partial charge in [0, 0.05) is 28.9 Å². The van der Waals surface area contributed by atoms with E-state index in [1.807, 2.05) is 12.1 Å². The molecule has 2 unspecified atom stereocenters. The van der Waals surface area contributed by atoms with Crippen molar-refractivity contribution >= 4 is 10.8 Å². The van der Waals surface area contributed by atoms with Gasteiger partial charge in [0.2, 0.25) is 0 Å². The number of hydrogen-bond acceptors (Lipinski definition) is 2. The molecule has 100 valence electrons. The highest BCUT2D eigenvalue weighted by Crippen LogP contribution is 2.40. The summed E-state index contributed by atoms with van der Waals surface area (Å²) in [6, 6.07) is 7.10. The second-order valence-electron chi connectivity index (χ2n) is 4.95. The first-order valence-electron chi connectivity index (χ1n) is 6.45. The molecule has 2 rings (SSSR count). The van der Waals surface area contributed by atoms with Crippen LogP contribution in [0.25, 0.3) is 0 Å². The molecule has 1 aliphatic carbocycles. The van der Waals surface area contributed by atoms with Gasteiger partial charge in [0.15, 0.2) is 0 Å². The van der Waals surface area contributed by atoms with Crippen molar-refractivity contribution < 1.29 is 8.60 Å².